The largest absolute Gasteiger partial charge is 0.328 e. The fourth-order valence-electron chi connectivity index (χ4n) is 0.841. The van der Waals surface area contributed by atoms with Gasteiger partial charge in [-0.15, -0.1) is 0 Å². The molecule has 0 aliphatic heterocycles. The van der Waals surface area contributed by atoms with E-state index >= 15 is 0 Å². The van der Waals surface area contributed by atoms with Gasteiger partial charge in [0.1, 0.15) is 0 Å². The highest BCUT2D eigenvalue weighted by Gasteiger charge is 2.01. The van der Waals surface area contributed by atoms with Crippen LogP contribution in [0.15, 0.2) is 0 Å². The van der Waals surface area contributed by atoms with Crippen molar-refractivity contribution in [3.8, 4) is 0 Å². The van der Waals surface area contributed by atoms with E-state index in [0.29, 0.717) is 0 Å². The minimum atomic E-state index is 0.260. The molecule has 5 N–H and O–H groups in total. The van der Waals surface area contributed by atoms with Crippen LogP contribution in [0.25, 0.3) is 0 Å². The summed E-state index contributed by atoms with van der Waals surface area (Å²) < 4.78 is 0. The summed E-state index contributed by atoms with van der Waals surface area (Å²) in [6, 6.07) is 0.541. The van der Waals surface area contributed by atoms with Crippen molar-refractivity contribution in [1.29, 1.82) is 0 Å². The third-order valence-electron chi connectivity index (χ3n) is 1.46. The Labute approximate surface area is 63.2 Å². The van der Waals surface area contributed by atoms with Gasteiger partial charge in [-0.25, -0.2) is 0 Å². The fraction of sp³-hybridized carbons (Fsp3) is 1.00. The van der Waals surface area contributed by atoms with Crippen LogP contribution in [-0.2, 0) is 0 Å². The van der Waals surface area contributed by atoms with Crippen LogP contribution in [-0.4, -0.2) is 25.7 Å². The molecule has 62 valence electrons. The van der Waals surface area contributed by atoms with Crippen LogP contribution >= 0.6 is 0 Å². The molecular weight excluding hydrogens is 126 g/mol. The van der Waals surface area contributed by atoms with E-state index in [0.717, 1.165) is 19.4 Å². The Kier molecular flexibility index (Phi) is 5.58. The van der Waals surface area contributed by atoms with Crippen LogP contribution in [0.5, 0.6) is 0 Å². The molecule has 0 aromatic heterocycles. The van der Waals surface area contributed by atoms with E-state index < -0.39 is 0 Å². The van der Waals surface area contributed by atoms with E-state index in [-0.39, 0.29) is 12.1 Å². The van der Waals surface area contributed by atoms with Crippen LogP contribution in [0.3, 0.4) is 0 Å². The molecule has 0 fully saturated rings. The van der Waals surface area contributed by atoms with Gasteiger partial charge >= 0.3 is 0 Å². The van der Waals surface area contributed by atoms with Gasteiger partial charge in [0.25, 0.3) is 0 Å². The first-order chi connectivity index (χ1) is 4.66. The monoisotopic (exact) mass is 145 g/mol. The van der Waals surface area contributed by atoms with E-state index in [1.165, 1.54) is 0 Å². The number of nitrogens with one attached hydrogen (secondary N) is 1. The van der Waals surface area contributed by atoms with E-state index in [2.05, 4.69) is 5.32 Å². The molecule has 0 heterocycles. The first kappa shape index (κ1) is 9.88. The highest BCUT2D eigenvalue weighted by Crippen LogP contribution is 1.95. The molecule has 3 heteroatoms. The minimum absolute atomic E-state index is 0.260. The quantitative estimate of drug-likeness (QED) is 0.496. The Bertz CT molecular complexity index is 73.3. The first-order valence-corrected chi connectivity index (χ1v) is 3.82. The zero-order valence-electron chi connectivity index (χ0n) is 6.93. The van der Waals surface area contributed by atoms with Crippen molar-refractivity contribution in [2.45, 2.75) is 31.8 Å². The number of nitrogens with two attached hydrogens (primary N) is 2. The highest BCUT2D eigenvalue weighted by atomic mass is 14.9. The number of rotatable bonds is 5. The molecule has 0 amide bonds. The average Bonchev–Trinajstić information content (AvgIpc) is 1.85. The first-order valence-electron chi connectivity index (χ1n) is 3.82. The lowest BCUT2D eigenvalue weighted by Crippen LogP contribution is -2.33. The molecule has 0 rings (SSSR count). The van der Waals surface area contributed by atoms with Crippen molar-refractivity contribution in [3.05, 3.63) is 0 Å². The average molecular weight is 145 g/mol. The van der Waals surface area contributed by atoms with Crippen molar-refractivity contribution in [2.75, 3.05) is 13.6 Å². The molecular formula is C7H19N3. The summed E-state index contributed by atoms with van der Waals surface area (Å²) in [6.45, 7) is 2.89. The molecule has 0 aromatic carbocycles. The summed E-state index contributed by atoms with van der Waals surface area (Å²) in [5.74, 6) is 0. The molecule has 2 unspecified atom stereocenters. The predicted molar refractivity (Wildman–Crippen MR) is 44.8 cm³/mol. The third-order valence-corrected chi connectivity index (χ3v) is 1.46. The number of hydrogen-bond donors (Lipinski definition) is 3. The SMILES string of the molecule is CNCC(N)CCC(C)N. The molecule has 0 radical (unpaired) electrons. The Morgan fingerprint density at radius 1 is 1.30 bits per heavy atom. The Hall–Kier alpha value is -0.120. The Morgan fingerprint density at radius 3 is 2.30 bits per heavy atom. The smallest absolute Gasteiger partial charge is 0.0165 e. The second-order valence-corrected chi connectivity index (χ2v) is 2.87. The zero-order valence-corrected chi connectivity index (χ0v) is 6.93. The summed E-state index contributed by atoms with van der Waals surface area (Å²) in [4.78, 5) is 0. The van der Waals surface area contributed by atoms with Crippen LogP contribution in [0.4, 0.5) is 0 Å². The summed E-state index contributed by atoms with van der Waals surface area (Å²) in [5, 5.41) is 3.03. The lowest BCUT2D eigenvalue weighted by atomic mass is 10.1. The molecule has 0 saturated carbocycles. The molecule has 3 nitrogen and oxygen atoms in total. The standard InChI is InChI=1S/C7H19N3/c1-6(8)3-4-7(9)5-10-2/h6-7,10H,3-5,8-9H2,1-2H3. The normalized spacial score (nSPS) is 16.8. The maximum absolute atomic E-state index is 5.71. The molecule has 10 heavy (non-hydrogen) atoms. The number of hydrogen-bond acceptors (Lipinski definition) is 3. The lowest BCUT2D eigenvalue weighted by Gasteiger charge is -2.11. The van der Waals surface area contributed by atoms with Crippen molar-refractivity contribution in [1.82, 2.24) is 5.32 Å². The molecule has 0 spiro atoms. The van der Waals surface area contributed by atoms with Gasteiger partial charge in [-0.05, 0) is 26.8 Å². The van der Waals surface area contributed by atoms with Crippen molar-refractivity contribution >= 4 is 0 Å². The molecule has 0 bridgehead atoms. The fourth-order valence-corrected chi connectivity index (χ4v) is 0.841. The lowest BCUT2D eigenvalue weighted by molar-refractivity contribution is 0.520. The summed E-state index contributed by atoms with van der Waals surface area (Å²) in [6.07, 6.45) is 2.03. The maximum atomic E-state index is 5.71. The number of likely N-dealkylation sites (N-methyl/N-ethyl adjacent to an activating group) is 1. The Morgan fingerprint density at radius 2 is 1.90 bits per heavy atom. The molecule has 0 saturated heterocycles. The van der Waals surface area contributed by atoms with Gasteiger partial charge in [0.15, 0.2) is 0 Å². The van der Waals surface area contributed by atoms with Crippen LogP contribution < -0.4 is 16.8 Å². The second kappa shape index (κ2) is 5.65. The van der Waals surface area contributed by atoms with E-state index in [1.807, 2.05) is 14.0 Å². The van der Waals surface area contributed by atoms with Crippen molar-refractivity contribution in [3.63, 3.8) is 0 Å². The molecule has 0 aliphatic carbocycles. The molecule has 0 aromatic rings. The third kappa shape index (κ3) is 6.01. The van der Waals surface area contributed by atoms with Crippen molar-refractivity contribution in [2.24, 2.45) is 11.5 Å². The van der Waals surface area contributed by atoms with Gasteiger partial charge in [-0.2, -0.15) is 0 Å². The van der Waals surface area contributed by atoms with Gasteiger partial charge < -0.3 is 16.8 Å². The zero-order chi connectivity index (χ0) is 7.98. The van der Waals surface area contributed by atoms with E-state index in [1.54, 1.807) is 0 Å². The predicted octanol–water partition coefficient (Wildman–Crippen LogP) is -0.339. The maximum Gasteiger partial charge on any atom is 0.0165 e. The van der Waals surface area contributed by atoms with E-state index in [9.17, 15) is 0 Å². The summed E-state index contributed by atoms with van der Waals surface area (Å²) in [7, 11) is 1.91. The second-order valence-electron chi connectivity index (χ2n) is 2.87. The minimum Gasteiger partial charge on any atom is -0.328 e. The van der Waals surface area contributed by atoms with Crippen LogP contribution in [0.2, 0.25) is 0 Å². The highest BCUT2D eigenvalue weighted by molar-refractivity contribution is 4.65. The van der Waals surface area contributed by atoms with E-state index in [4.69, 9.17) is 11.5 Å². The van der Waals surface area contributed by atoms with Gasteiger partial charge in [0.05, 0.1) is 0 Å². The van der Waals surface area contributed by atoms with Gasteiger partial charge in [0, 0.05) is 18.6 Å². The van der Waals surface area contributed by atoms with Gasteiger partial charge in [-0.1, -0.05) is 0 Å². The topological polar surface area (TPSA) is 64.1 Å². The van der Waals surface area contributed by atoms with Crippen LogP contribution in [0.1, 0.15) is 19.8 Å². The summed E-state index contributed by atoms with van der Waals surface area (Å²) >= 11 is 0. The summed E-state index contributed by atoms with van der Waals surface area (Å²) in [5.41, 5.74) is 11.3. The molecule has 2 atom stereocenters. The van der Waals surface area contributed by atoms with Crippen LogP contribution in [0, 0.1) is 0 Å². The van der Waals surface area contributed by atoms with Gasteiger partial charge in [0.2, 0.25) is 0 Å². The Balaban J connectivity index is 3.12. The van der Waals surface area contributed by atoms with Crippen molar-refractivity contribution < 1.29 is 0 Å². The molecule has 0 aliphatic rings. The van der Waals surface area contributed by atoms with Gasteiger partial charge in [-0.3, -0.25) is 0 Å².